The van der Waals surface area contributed by atoms with E-state index in [0.29, 0.717) is 0 Å². The Morgan fingerprint density at radius 3 is 1.54 bits per heavy atom. The maximum atomic E-state index is 11.7. The second-order valence-electron chi connectivity index (χ2n) is 5.48. The summed E-state index contributed by atoms with van der Waals surface area (Å²) in [5, 5.41) is 37.7. The third-order valence-electron chi connectivity index (χ3n) is 3.30. The fourth-order valence-corrected chi connectivity index (χ4v) is 2.17. The zero-order valence-corrected chi connectivity index (χ0v) is 12.7. The van der Waals surface area contributed by atoms with Crippen molar-refractivity contribution in [1.82, 2.24) is 0 Å². The lowest BCUT2D eigenvalue weighted by molar-refractivity contribution is -0.151. The van der Waals surface area contributed by atoms with Crippen LogP contribution >= 0.6 is 0 Å². The minimum absolute atomic E-state index is 0.0827. The molecule has 4 N–H and O–H groups in total. The van der Waals surface area contributed by atoms with Gasteiger partial charge in [-0.15, -0.1) is 0 Å². The molecule has 0 unspecified atom stereocenters. The van der Waals surface area contributed by atoms with Crippen molar-refractivity contribution in [2.45, 2.75) is 24.4 Å². The second-order valence-corrected chi connectivity index (χ2v) is 5.48. The summed E-state index contributed by atoms with van der Waals surface area (Å²) in [5.74, 6) is -5.66. The van der Waals surface area contributed by atoms with Gasteiger partial charge in [-0.1, -0.05) is 24.3 Å². The van der Waals surface area contributed by atoms with Crippen molar-refractivity contribution in [3.05, 3.63) is 47.6 Å². The van der Waals surface area contributed by atoms with Crippen LogP contribution in [0.5, 0.6) is 0 Å². The van der Waals surface area contributed by atoms with E-state index >= 15 is 0 Å². The summed E-state index contributed by atoms with van der Waals surface area (Å²) in [6, 6.07) is 0. The van der Waals surface area contributed by atoms with Crippen molar-refractivity contribution in [2.75, 3.05) is 13.2 Å². The first kappa shape index (κ1) is 18.1. The second kappa shape index (κ2) is 7.10. The molecule has 2 aliphatic rings. The summed E-state index contributed by atoms with van der Waals surface area (Å²) < 4.78 is 9.76. The minimum atomic E-state index is -2.09. The van der Waals surface area contributed by atoms with Crippen LogP contribution in [-0.2, 0) is 19.1 Å². The Balaban J connectivity index is 1.73. The fraction of sp³-hybridized carbons (Fsp3) is 0.375. The topological polar surface area (TPSA) is 134 Å². The summed E-state index contributed by atoms with van der Waals surface area (Å²) in [4.78, 5) is 23.5. The Kier molecular flexibility index (Phi) is 5.35. The summed E-state index contributed by atoms with van der Waals surface area (Å²) in [6.45, 7) is -0.440. The first-order valence-electron chi connectivity index (χ1n) is 7.19. The molecular weight excluding hydrogens is 320 g/mol. The molecule has 0 aromatic heterocycles. The van der Waals surface area contributed by atoms with Gasteiger partial charge in [0.05, 0.1) is 0 Å². The zero-order valence-electron chi connectivity index (χ0n) is 12.7. The van der Waals surface area contributed by atoms with Crippen molar-refractivity contribution in [2.24, 2.45) is 0 Å². The number of aliphatic hydroxyl groups is 4. The quantitative estimate of drug-likeness (QED) is 0.291. The minimum Gasteiger partial charge on any atom is -0.459 e. The number of carbonyl (C=O) groups is 2. The van der Waals surface area contributed by atoms with Crippen molar-refractivity contribution < 1.29 is 39.5 Å². The van der Waals surface area contributed by atoms with Crippen LogP contribution in [-0.4, -0.2) is 57.2 Å². The van der Waals surface area contributed by atoms with Crippen molar-refractivity contribution in [1.29, 1.82) is 0 Å². The van der Waals surface area contributed by atoms with Crippen LogP contribution in [0.15, 0.2) is 47.6 Å². The van der Waals surface area contributed by atoms with Crippen LogP contribution < -0.4 is 0 Å². The van der Waals surface area contributed by atoms with Gasteiger partial charge in [0, 0.05) is 24.0 Å². The Bertz CT molecular complexity index is 580. The number of hydrogen-bond donors (Lipinski definition) is 4. The van der Waals surface area contributed by atoms with Crippen LogP contribution in [0.4, 0.5) is 0 Å². The average molecular weight is 338 g/mol. The molecule has 0 amide bonds. The smallest absolute Gasteiger partial charge is 0.334 e. The molecule has 0 aromatic rings. The maximum Gasteiger partial charge on any atom is 0.334 e. The van der Waals surface area contributed by atoms with E-state index < -0.39 is 23.5 Å². The van der Waals surface area contributed by atoms with Crippen LogP contribution in [0.3, 0.4) is 0 Å². The molecule has 0 saturated carbocycles. The van der Waals surface area contributed by atoms with E-state index in [-0.39, 0.29) is 37.2 Å². The predicted octanol–water partition coefficient (Wildman–Crippen LogP) is -0.793. The van der Waals surface area contributed by atoms with Gasteiger partial charge in [0.2, 0.25) is 0 Å². The molecule has 0 spiro atoms. The molecule has 8 nitrogen and oxygen atoms in total. The van der Waals surface area contributed by atoms with Crippen LogP contribution in [0.1, 0.15) is 12.8 Å². The molecule has 0 heterocycles. The van der Waals surface area contributed by atoms with Crippen LogP contribution in [0, 0.1) is 0 Å². The molecule has 2 aliphatic carbocycles. The Labute approximate surface area is 137 Å². The van der Waals surface area contributed by atoms with E-state index in [1.165, 1.54) is 24.3 Å². The largest absolute Gasteiger partial charge is 0.459 e. The van der Waals surface area contributed by atoms with Gasteiger partial charge in [-0.3, -0.25) is 0 Å². The maximum absolute atomic E-state index is 11.7. The fourth-order valence-electron chi connectivity index (χ4n) is 2.17. The Morgan fingerprint density at radius 1 is 0.833 bits per heavy atom. The van der Waals surface area contributed by atoms with Gasteiger partial charge in [-0.25, -0.2) is 9.59 Å². The highest BCUT2D eigenvalue weighted by molar-refractivity contribution is 5.90. The molecule has 130 valence electrons. The van der Waals surface area contributed by atoms with Gasteiger partial charge in [0.15, 0.2) is 11.6 Å². The third-order valence-corrected chi connectivity index (χ3v) is 3.30. The molecule has 0 aliphatic heterocycles. The van der Waals surface area contributed by atoms with Gasteiger partial charge >= 0.3 is 11.9 Å². The first-order valence-corrected chi connectivity index (χ1v) is 7.19. The Morgan fingerprint density at radius 2 is 1.21 bits per heavy atom. The van der Waals surface area contributed by atoms with Gasteiger partial charge in [0.25, 0.3) is 0 Å². The summed E-state index contributed by atoms with van der Waals surface area (Å²) in [6.07, 6.45) is 7.16. The molecule has 2 rings (SSSR count). The lowest BCUT2D eigenvalue weighted by Gasteiger charge is -2.22. The summed E-state index contributed by atoms with van der Waals surface area (Å²) in [7, 11) is 0. The highest BCUT2D eigenvalue weighted by Gasteiger charge is 2.28. The molecule has 0 atom stereocenters. The molecular formula is C16H18O8. The van der Waals surface area contributed by atoms with E-state index in [2.05, 4.69) is 0 Å². The zero-order chi connectivity index (χ0) is 17.8. The molecule has 0 saturated heterocycles. The van der Waals surface area contributed by atoms with E-state index in [1.54, 1.807) is 0 Å². The van der Waals surface area contributed by atoms with Crippen LogP contribution in [0.25, 0.3) is 0 Å². The number of allylic oxidation sites excluding steroid dienone is 4. The average Bonchev–Trinajstić information content (AvgIpc) is 2.49. The standard InChI is InChI=1S/C16H18O8/c17-13(11-3-1-5-15(19,20)9-11)23-7-8-24-14(18)12-4-2-6-16(21,22)10-12/h1-6,19-22H,7-10H2. The van der Waals surface area contributed by atoms with Gasteiger partial charge in [-0.05, 0) is 12.2 Å². The molecule has 0 aromatic carbocycles. The van der Waals surface area contributed by atoms with E-state index in [0.717, 1.165) is 12.2 Å². The highest BCUT2D eigenvalue weighted by atomic mass is 16.6. The first-order chi connectivity index (χ1) is 11.2. The lowest BCUT2D eigenvalue weighted by atomic mass is 10.00. The molecule has 24 heavy (non-hydrogen) atoms. The van der Waals surface area contributed by atoms with Crippen molar-refractivity contribution >= 4 is 11.9 Å². The number of carbonyl (C=O) groups excluding carboxylic acids is 2. The summed E-state index contributed by atoms with van der Waals surface area (Å²) >= 11 is 0. The monoisotopic (exact) mass is 338 g/mol. The SMILES string of the molecule is O=C(OCCOC(=O)C1=CC=CC(O)(O)C1)C1=CC=CC(O)(O)C1. The van der Waals surface area contributed by atoms with Crippen LogP contribution in [0.2, 0.25) is 0 Å². The van der Waals surface area contributed by atoms with Gasteiger partial charge < -0.3 is 29.9 Å². The lowest BCUT2D eigenvalue weighted by Crippen LogP contribution is -2.30. The molecule has 0 fully saturated rings. The molecule has 0 bridgehead atoms. The number of esters is 2. The van der Waals surface area contributed by atoms with Gasteiger partial charge in [-0.2, -0.15) is 0 Å². The molecule has 0 radical (unpaired) electrons. The van der Waals surface area contributed by atoms with Crippen molar-refractivity contribution in [3.63, 3.8) is 0 Å². The highest BCUT2D eigenvalue weighted by Crippen LogP contribution is 2.22. The van der Waals surface area contributed by atoms with Crippen molar-refractivity contribution in [3.8, 4) is 0 Å². The van der Waals surface area contributed by atoms with Gasteiger partial charge in [0.1, 0.15) is 13.2 Å². The number of ether oxygens (including phenoxy) is 2. The van der Waals surface area contributed by atoms with E-state index in [9.17, 15) is 30.0 Å². The number of rotatable bonds is 5. The summed E-state index contributed by atoms with van der Waals surface area (Å²) in [5.41, 5.74) is 0.165. The normalized spacial score (nSPS) is 20.8. The Hall–Kier alpha value is -2.26. The molecule has 8 heteroatoms. The predicted molar refractivity (Wildman–Crippen MR) is 79.9 cm³/mol. The number of hydrogen-bond acceptors (Lipinski definition) is 8. The van der Waals surface area contributed by atoms with E-state index in [1.807, 2.05) is 0 Å². The third kappa shape index (κ3) is 5.14. The van der Waals surface area contributed by atoms with E-state index in [4.69, 9.17) is 9.47 Å².